The second-order valence-electron chi connectivity index (χ2n) is 18.4. The highest BCUT2D eigenvalue weighted by Gasteiger charge is 2.26. The number of unbranched alkanes of at least 4 members (excludes halogenated alkanes) is 24. The van der Waals surface area contributed by atoms with Gasteiger partial charge in [-0.2, -0.15) is 8.78 Å². The molecule has 0 aliphatic rings. The molecule has 71 heavy (non-hydrogen) atoms. The second kappa shape index (κ2) is 36.3. The van der Waals surface area contributed by atoms with Gasteiger partial charge in [-0.15, -0.1) is 0 Å². The first-order valence-electron chi connectivity index (χ1n) is 26.1. The Hall–Kier alpha value is -5.59. The Morgan fingerprint density at radius 2 is 0.704 bits per heavy atom. The van der Waals surface area contributed by atoms with Gasteiger partial charge < -0.3 is 28.4 Å². The molecule has 13 heteroatoms. The summed E-state index contributed by atoms with van der Waals surface area (Å²) in [5.41, 5.74) is 0.850. The third kappa shape index (κ3) is 25.9. The van der Waals surface area contributed by atoms with Gasteiger partial charge in [-0.1, -0.05) is 154 Å². The summed E-state index contributed by atoms with van der Waals surface area (Å²) in [6, 6.07) is 12.3. The van der Waals surface area contributed by atoms with Crippen LogP contribution in [-0.2, 0) is 19.1 Å². The van der Waals surface area contributed by atoms with E-state index in [1.807, 2.05) is 0 Å². The molecule has 0 heterocycles. The molecule has 0 N–H and O–H groups in total. The van der Waals surface area contributed by atoms with Crippen LogP contribution in [0.15, 0.2) is 78.9 Å². The monoisotopic (exact) mass is 993 g/mol. The number of carbonyl (C=O) groups excluding carboxylic acids is 4. The Labute approximate surface area is 421 Å². The standard InChI is InChI=1S/C58H79F3O10/c1-44(2)55(62)68-41-29-25-21-17-13-9-5-7-11-15-19-23-27-39-66-48-35-31-46(32-36-48)57(64)70-51-43-50(59)54(53(61)52(51)60)71-58(65)47-33-37-49(38-34-47)67-40-28-24-20-16-12-8-6-10-14-18-22-26-30-42-69-56(63)45(3)4/h31-38,43H,1,3,5-30,39-42H2,2,4H3. The molecule has 0 aromatic heterocycles. The summed E-state index contributed by atoms with van der Waals surface area (Å²) in [5, 5.41) is 0. The highest BCUT2D eigenvalue weighted by molar-refractivity contribution is 5.92. The van der Waals surface area contributed by atoms with E-state index in [9.17, 15) is 23.6 Å². The molecule has 0 fully saturated rings. The van der Waals surface area contributed by atoms with Crippen molar-refractivity contribution in [2.45, 2.75) is 181 Å². The topological polar surface area (TPSA) is 124 Å². The Morgan fingerprint density at radius 1 is 0.408 bits per heavy atom. The van der Waals surface area contributed by atoms with Gasteiger partial charge in [0.2, 0.25) is 17.4 Å². The highest BCUT2D eigenvalue weighted by Crippen LogP contribution is 2.32. The van der Waals surface area contributed by atoms with Gasteiger partial charge in [0.15, 0.2) is 11.6 Å². The zero-order valence-electron chi connectivity index (χ0n) is 42.5. The second-order valence-corrected chi connectivity index (χ2v) is 18.4. The fourth-order valence-electron chi connectivity index (χ4n) is 7.66. The first kappa shape index (κ1) is 59.7. The number of ether oxygens (including phenoxy) is 6. The lowest BCUT2D eigenvalue weighted by Gasteiger charge is -2.12. The molecule has 0 unspecified atom stereocenters. The van der Waals surface area contributed by atoms with Gasteiger partial charge in [0.25, 0.3) is 0 Å². The zero-order chi connectivity index (χ0) is 51.5. The van der Waals surface area contributed by atoms with E-state index in [4.69, 9.17) is 28.4 Å². The van der Waals surface area contributed by atoms with E-state index in [-0.39, 0.29) is 23.1 Å². The summed E-state index contributed by atoms with van der Waals surface area (Å²) < 4.78 is 76.7. The van der Waals surface area contributed by atoms with Crippen LogP contribution < -0.4 is 18.9 Å². The van der Waals surface area contributed by atoms with Crippen molar-refractivity contribution < 1.29 is 60.8 Å². The molecule has 3 aromatic carbocycles. The predicted molar refractivity (Wildman–Crippen MR) is 272 cm³/mol. The minimum atomic E-state index is -1.82. The molecule has 0 radical (unpaired) electrons. The van der Waals surface area contributed by atoms with Crippen molar-refractivity contribution in [3.63, 3.8) is 0 Å². The van der Waals surface area contributed by atoms with Crippen LogP contribution in [0.4, 0.5) is 13.2 Å². The number of hydrogen-bond donors (Lipinski definition) is 0. The number of carbonyl (C=O) groups is 4. The van der Waals surface area contributed by atoms with Crippen molar-refractivity contribution in [1.29, 1.82) is 0 Å². The summed E-state index contributed by atoms with van der Waals surface area (Å²) in [4.78, 5) is 48.2. The minimum absolute atomic E-state index is 0.00909. The van der Waals surface area contributed by atoms with Crippen LogP contribution in [0, 0.1) is 17.5 Å². The van der Waals surface area contributed by atoms with Gasteiger partial charge in [0, 0.05) is 17.2 Å². The quantitative estimate of drug-likeness (QED) is 0.0179. The zero-order valence-corrected chi connectivity index (χ0v) is 42.5. The van der Waals surface area contributed by atoms with Crippen LogP contribution in [0.1, 0.15) is 202 Å². The van der Waals surface area contributed by atoms with Crippen molar-refractivity contribution in [2.24, 2.45) is 0 Å². The number of rotatable bonds is 40. The first-order valence-corrected chi connectivity index (χ1v) is 26.1. The summed E-state index contributed by atoms with van der Waals surface area (Å²) >= 11 is 0. The third-order valence-electron chi connectivity index (χ3n) is 11.9. The van der Waals surface area contributed by atoms with Crippen LogP contribution in [0.5, 0.6) is 23.0 Å². The van der Waals surface area contributed by atoms with Crippen molar-refractivity contribution in [3.05, 3.63) is 107 Å². The molecule has 0 aliphatic carbocycles. The number of halogens is 3. The van der Waals surface area contributed by atoms with E-state index >= 15 is 8.78 Å². The predicted octanol–water partition coefficient (Wildman–Crippen LogP) is 15.7. The molecular weight excluding hydrogens is 914 g/mol. The molecule has 0 amide bonds. The van der Waals surface area contributed by atoms with Gasteiger partial charge in [0.05, 0.1) is 37.6 Å². The molecule has 3 rings (SSSR count). The first-order chi connectivity index (χ1) is 34.4. The maximum Gasteiger partial charge on any atom is 0.343 e. The van der Waals surface area contributed by atoms with Crippen LogP contribution in [0.2, 0.25) is 0 Å². The van der Waals surface area contributed by atoms with Gasteiger partial charge >= 0.3 is 23.9 Å². The molecule has 392 valence electrons. The molecule has 0 saturated heterocycles. The maximum absolute atomic E-state index is 15.0. The fraction of sp³-hybridized carbons (Fsp3) is 0.552. The molecule has 10 nitrogen and oxygen atoms in total. The van der Waals surface area contributed by atoms with E-state index in [0.717, 1.165) is 77.0 Å². The molecule has 0 bridgehead atoms. The molecule has 0 saturated carbocycles. The SMILES string of the molecule is C=C(C)C(=O)OCCCCCCCCCCCCCCCOc1ccc(C(=O)Oc2cc(F)c(OC(=O)c3ccc(OCCCCCCCCCCCCCCCOC(=O)C(=C)C)cc3)c(F)c2F)cc1. The van der Waals surface area contributed by atoms with Crippen LogP contribution in [-0.4, -0.2) is 50.3 Å². The molecule has 3 aromatic rings. The Morgan fingerprint density at radius 3 is 1.03 bits per heavy atom. The van der Waals surface area contributed by atoms with Crippen LogP contribution in [0.3, 0.4) is 0 Å². The van der Waals surface area contributed by atoms with Crippen LogP contribution >= 0.6 is 0 Å². The fourth-order valence-corrected chi connectivity index (χ4v) is 7.66. The van der Waals surface area contributed by atoms with Gasteiger partial charge in [-0.3, -0.25) is 0 Å². The van der Waals surface area contributed by atoms with Crippen molar-refractivity contribution in [3.8, 4) is 23.0 Å². The van der Waals surface area contributed by atoms with E-state index in [1.54, 1.807) is 38.1 Å². The van der Waals surface area contributed by atoms with E-state index in [1.165, 1.54) is 114 Å². The van der Waals surface area contributed by atoms with Crippen molar-refractivity contribution in [1.82, 2.24) is 0 Å². The lowest BCUT2D eigenvalue weighted by molar-refractivity contribution is -0.139. The number of benzene rings is 3. The van der Waals surface area contributed by atoms with Gasteiger partial charge in [-0.25, -0.2) is 23.6 Å². The third-order valence-corrected chi connectivity index (χ3v) is 11.9. The van der Waals surface area contributed by atoms with Crippen molar-refractivity contribution >= 4 is 23.9 Å². The van der Waals surface area contributed by atoms with E-state index in [0.29, 0.717) is 55.1 Å². The average molecular weight is 993 g/mol. The number of hydrogen-bond acceptors (Lipinski definition) is 10. The molecule has 0 aliphatic heterocycles. The molecule has 0 spiro atoms. The molecular formula is C58H79F3O10. The largest absolute Gasteiger partial charge is 0.494 e. The Bertz CT molecular complexity index is 2050. The lowest BCUT2D eigenvalue weighted by atomic mass is 10.0. The lowest BCUT2D eigenvalue weighted by Crippen LogP contribution is -2.14. The molecule has 0 atom stereocenters. The highest BCUT2D eigenvalue weighted by atomic mass is 19.2. The normalized spacial score (nSPS) is 10.9. The smallest absolute Gasteiger partial charge is 0.343 e. The number of esters is 4. The maximum atomic E-state index is 15.0. The van der Waals surface area contributed by atoms with Crippen LogP contribution in [0.25, 0.3) is 0 Å². The summed E-state index contributed by atoms with van der Waals surface area (Å²) in [6.45, 7) is 12.4. The minimum Gasteiger partial charge on any atom is -0.494 e. The average Bonchev–Trinajstić information content (AvgIpc) is 3.36. The van der Waals surface area contributed by atoms with Gasteiger partial charge in [-0.05, 0) is 88.1 Å². The summed E-state index contributed by atoms with van der Waals surface area (Å²) in [6.07, 6.45) is 29.5. The van der Waals surface area contributed by atoms with Crippen molar-refractivity contribution in [2.75, 3.05) is 26.4 Å². The van der Waals surface area contributed by atoms with E-state index < -0.39 is 40.9 Å². The van der Waals surface area contributed by atoms with Gasteiger partial charge in [0.1, 0.15) is 11.5 Å². The Kier molecular flexibility index (Phi) is 30.6. The Balaban J connectivity index is 1.22. The summed E-state index contributed by atoms with van der Waals surface area (Å²) in [5.74, 6) is -8.93. The summed E-state index contributed by atoms with van der Waals surface area (Å²) in [7, 11) is 0. The van der Waals surface area contributed by atoms with E-state index in [2.05, 4.69) is 13.2 Å².